The molecule has 2 aromatic rings. The van der Waals surface area contributed by atoms with Crippen LogP contribution >= 0.6 is 0 Å². The highest BCUT2D eigenvalue weighted by Crippen LogP contribution is 2.24. The van der Waals surface area contributed by atoms with Crippen molar-refractivity contribution in [2.24, 2.45) is 7.05 Å². The fourth-order valence-corrected chi connectivity index (χ4v) is 3.17. The van der Waals surface area contributed by atoms with Crippen LogP contribution in [-0.4, -0.2) is 30.4 Å². The van der Waals surface area contributed by atoms with Gasteiger partial charge >= 0.3 is 0 Å². The van der Waals surface area contributed by atoms with Gasteiger partial charge in [0, 0.05) is 20.3 Å². The molecular formula is C12H15N3O3S. The Balaban J connectivity index is 2.45. The van der Waals surface area contributed by atoms with E-state index in [1.165, 1.54) is 30.1 Å². The maximum atomic E-state index is 12.5. The number of phenols is 1. The smallest absolute Gasteiger partial charge is 0.267 e. The van der Waals surface area contributed by atoms with Gasteiger partial charge < -0.3 is 5.11 Å². The Hall–Kier alpha value is -2.02. The molecule has 0 amide bonds. The molecule has 0 unspecified atom stereocenters. The molecule has 1 N–H and O–H groups in total. The Bertz CT molecular complexity index is 690. The molecule has 0 radical (unpaired) electrons. The molecule has 0 saturated heterocycles. The molecule has 0 aliphatic heterocycles. The van der Waals surface area contributed by atoms with Crippen molar-refractivity contribution in [3.8, 4) is 5.75 Å². The van der Waals surface area contributed by atoms with E-state index in [1.807, 2.05) is 0 Å². The van der Waals surface area contributed by atoms with E-state index in [-0.39, 0.29) is 10.6 Å². The molecule has 2 rings (SSSR count). The van der Waals surface area contributed by atoms with Gasteiger partial charge in [-0.1, -0.05) is 0 Å². The van der Waals surface area contributed by atoms with E-state index in [0.717, 1.165) is 4.31 Å². The minimum absolute atomic E-state index is 0.0899. The minimum atomic E-state index is -3.65. The molecule has 0 aliphatic carbocycles. The number of phenolic OH excluding ortho intramolecular Hbond substituents is 1. The number of aromatic hydroxyl groups is 1. The molecule has 19 heavy (non-hydrogen) atoms. The van der Waals surface area contributed by atoms with Gasteiger partial charge in [-0.3, -0.25) is 8.99 Å². The maximum Gasteiger partial charge on any atom is 0.267 e. The summed E-state index contributed by atoms with van der Waals surface area (Å²) >= 11 is 0. The largest absolute Gasteiger partial charge is 0.508 e. The van der Waals surface area contributed by atoms with Crippen LogP contribution in [0.2, 0.25) is 0 Å². The number of aromatic nitrogens is 2. The third-order valence-electron chi connectivity index (χ3n) is 2.82. The maximum absolute atomic E-state index is 12.5. The van der Waals surface area contributed by atoms with E-state index in [0.29, 0.717) is 11.4 Å². The fraction of sp³-hybridized carbons (Fsp3) is 0.250. The highest BCUT2D eigenvalue weighted by atomic mass is 32.2. The molecule has 7 heteroatoms. The summed E-state index contributed by atoms with van der Waals surface area (Å²) in [7, 11) is -0.507. The predicted octanol–water partition coefficient (Wildman–Crippen LogP) is 1.26. The van der Waals surface area contributed by atoms with Gasteiger partial charge in [-0.25, -0.2) is 8.42 Å². The zero-order chi connectivity index (χ0) is 14.2. The third-order valence-corrected chi connectivity index (χ3v) is 4.71. The number of rotatable bonds is 3. The number of benzene rings is 1. The zero-order valence-electron chi connectivity index (χ0n) is 10.9. The number of hydrogen-bond donors (Lipinski definition) is 1. The van der Waals surface area contributed by atoms with Crippen molar-refractivity contribution >= 4 is 15.7 Å². The van der Waals surface area contributed by atoms with Crippen LogP contribution in [0, 0.1) is 6.92 Å². The van der Waals surface area contributed by atoms with Gasteiger partial charge in [-0.2, -0.15) is 5.10 Å². The second-order valence-corrected chi connectivity index (χ2v) is 6.18. The SMILES string of the molecule is Cc1nn(C)cc1S(=O)(=O)N(C)c1ccc(O)cc1. The summed E-state index contributed by atoms with van der Waals surface area (Å²) in [5.74, 6) is 0.0899. The van der Waals surface area contributed by atoms with E-state index < -0.39 is 10.0 Å². The van der Waals surface area contributed by atoms with Crippen LogP contribution < -0.4 is 4.31 Å². The monoisotopic (exact) mass is 281 g/mol. The summed E-state index contributed by atoms with van der Waals surface area (Å²) in [5.41, 5.74) is 0.925. The number of hydrogen-bond acceptors (Lipinski definition) is 4. The molecular weight excluding hydrogens is 266 g/mol. The molecule has 0 aliphatic rings. The molecule has 1 heterocycles. The second-order valence-electron chi connectivity index (χ2n) is 4.24. The van der Waals surface area contributed by atoms with E-state index >= 15 is 0 Å². The Morgan fingerprint density at radius 3 is 2.32 bits per heavy atom. The normalized spacial score (nSPS) is 11.5. The Kier molecular flexibility index (Phi) is 3.23. The van der Waals surface area contributed by atoms with Crippen molar-refractivity contribution in [2.45, 2.75) is 11.8 Å². The average Bonchev–Trinajstić information content (AvgIpc) is 2.69. The number of aryl methyl sites for hydroxylation is 2. The van der Waals surface area contributed by atoms with Gasteiger partial charge in [0.1, 0.15) is 10.6 Å². The number of nitrogens with zero attached hydrogens (tertiary/aromatic N) is 3. The molecule has 0 atom stereocenters. The lowest BCUT2D eigenvalue weighted by molar-refractivity contribution is 0.475. The highest BCUT2D eigenvalue weighted by molar-refractivity contribution is 7.92. The van der Waals surface area contributed by atoms with Crippen molar-refractivity contribution in [1.82, 2.24) is 9.78 Å². The molecule has 102 valence electrons. The summed E-state index contributed by atoms with van der Waals surface area (Å²) in [6.07, 6.45) is 1.47. The van der Waals surface area contributed by atoms with Gasteiger partial charge in [-0.05, 0) is 31.2 Å². The van der Waals surface area contributed by atoms with Crippen LogP contribution in [0.3, 0.4) is 0 Å². The van der Waals surface area contributed by atoms with Crippen LogP contribution in [0.15, 0.2) is 35.4 Å². The van der Waals surface area contributed by atoms with E-state index in [4.69, 9.17) is 0 Å². The first-order valence-electron chi connectivity index (χ1n) is 5.60. The fourth-order valence-electron chi connectivity index (χ4n) is 1.78. The zero-order valence-corrected chi connectivity index (χ0v) is 11.7. The van der Waals surface area contributed by atoms with Gasteiger partial charge in [0.2, 0.25) is 0 Å². The van der Waals surface area contributed by atoms with Crippen LogP contribution in [0.25, 0.3) is 0 Å². The standard InChI is InChI=1S/C12H15N3O3S/c1-9-12(8-14(2)13-9)19(17,18)15(3)10-4-6-11(16)7-5-10/h4-8,16H,1-3H3. The summed E-state index contributed by atoms with van der Waals surface area (Å²) < 4.78 is 27.6. The molecule has 0 saturated carbocycles. The lowest BCUT2D eigenvalue weighted by Gasteiger charge is -2.18. The van der Waals surface area contributed by atoms with Gasteiger partial charge in [0.15, 0.2) is 0 Å². The van der Waals surface area contributed by atoms with Crippen LogP contribution in [0.4, 0.5) is 5.69 Å². The van der Waals surface area contributed by atoms with Crippen molar-refractivity contribution in [3.05, 3.63) is 36.2 Å². The second kappa shape index (κ2) is 4.58. The van der Waals surface area contributed by atoms with Crippen molar-refractivity contribution < 1.29 is 13.5 Å². The van der Waals surface area contributed by atoms with E-state index in [1.54, 1.807) is 26.1 Å². The van der Waals surface area contributed by atoms with Gasteiger partial charge in [0.05, 0.1) is 11.4 Å². The number of sulfonamides is 1. The lowest BCUT2D eigenvalue weighted by Crippen LogP contribution is -2.26. The average molecular weight is 281 g/mol. The first-order valence-corrected chi connectivity index (χ1v) is 7.04. The molecule has 6 nitrogen and oxygen atoms in total. The van der Waals surface area contributed by atoms with E-state index in [2.05, 4.69) is 5.10 Å². The third kappa shape index (κ3) is 2.41. The van der Waals surface area contributed by atoms with Crippen LogP contribution in [-0.2, 0) is 17.1 Å². The molecule has 1 aromatic heterocycles. The summed E-state index contributed by atoms with van der Waals surface area (Å²) in [4.78, 5) is 0.172. The summed E-state index contributed by atoms with van der Waals surface area (Å²) in [6, 6.07) is 5.96. The molecule has 1 aromatic carbocycles. The Labute approximate surface area is 112 Å². The number of anilines is 1. The van der Waals surface area contributed by atoms with Crippen molar-refractivity contribution in [1.29, 1.82) is 0 Å². The van der Waals surface area contributed by atoms with Gasteiger partial charge in [-0.15, -0.1) is 0 Å². The van der Waals surface area contributed by atoms with Gasteiger partial charge in [0.25, 0.3) is 10.0 Å². The van der Waals surface area contributed by atoms with Crippen molar-refractivity contribution in [3.63, 3.8) is 0 Å². The van der Waals surface area contributed by atoms with Crippen LogP contribution in [0.1, 0.15) is 5.69 Å². The minimum Gasteiger partial charge on any atom is -0.508 e. The molecule has 0 bridgehead atoms. The van der Waals surface area contributed by atoms with Crippen molar-refractivity contribution in [2.75, 3.05) is 11.4 Å². The topological polar surface area (TPSA) is 75.4 Å². The molecule has 0 fully saturated rings. The van der Waals surface area contributed by atoms with E-state index in [9.17, 15) is 13.5 Å². The lowest BCUT2D eigenvalue weighted by atomic mass is 10.3. The predicted molar refractivity (Wildman–Crippen MR) is 71.6 cm³/mol. The summed E-state index contributed by atoms with van der Waals surface area (Å²) in [5, 5.41) is 13.3. The first-order chi connectivity index (χ1) is 8.82. The van der Waals surface area contributed by atoms with Crippen LogP contribution in [0.5, 0.6) is 5.75 Å². The Morgan fingerprint density at radius 1 is 1.26 bits per heavy atom. The first kappa shape index (κ1) is 13.4. The summed E-state index contributed by atoms with van der Waals surface area (Å²) in [6.45, 7) is 1.65. The quantitative estimate of drug-likeness (QED) is 0.919. The Morgan fingerprint density at radius 2 is 1.84 bits per heavy atom. The molecule has 0 spiro atoms. The highest BCUT2D eigenvalue weighted by Gasteiger charge is 2.25.